The standard InChI is InChI=1S/C14H20N2O2/c1-10(11-5-3-2-4-6-11)16-7-12(9-17)13(8-16)14(15)18/h2-6,10,12-13,17H,7-9H2,1H3,(H2,15,18)/t10-,12?,13?/m0/s1. The number of carbonyl (C=O) groups is 1. The van der Waals surface area contributed by atoms with Gasteiger partial charge in [-0.25, -0.2) is 0 Å². The van der Waals surface area contributed by atoms with Crippen molar-refractivity contribution in [2.75, 3.05) is 19.7 Å². The fourth-order valence-electron chi connectivity index (χ4n) is 2.67. The first-order chi connectivity index (χ1) is 8.63. The van der Waals surface area contributed by atoms with E-state index >= 15 is 0 Å². The zero-order valence-electron chi connectivity index (χ0n) is 10.6. The normalized spacial score (nSPS) is 26.1. The number of carbonyl (C=O) groups excluding carboxylic acids is 1. The Kier molecular flexibility index (Phi) is 3.99. The molecule has 2 rings (SSSR count). The van der Waals surface area contributed by atoms with Gasteiger partial charge in [-0.15, -0.1) is 0 Å². The van der Waals surface area contributed by atoms with Gasteiger partial charge in [-0.3, -0.25) is 9.69 Å². The van der Waals surface area contributed by atoms with Crippen LogP contribution in [0.2, 0.25) is 0 Å². The number of hydrogen-bond donors (Lipinski definition) is 2. The quantitative estimate of drug-likeness (QED) is 0.827. The summed E-state index contributed by atoms with van der Waals surface area (Å²) in [5.74, 6) is -0.577. The van der Waals surface area contributed by atoms with Crippen molar-refractivity contribution >= 4 is 5.91 Å². The number of hydrogen-bond acceptors (Lipinski definition) is 3. The zero-order valence-corrected chi connectivity index (χ0v) is 10.6. The van der Waals surface area contributed by atoms with Crippen molar-refractivity contribution < 1.29 is 9.90 Å². The predicted molar refractivity (Wildman–Crippen MR) is 69.7 cm³/mol. The van der Waals surface area contributed by atoms with Crippen molar-refractivity contribution in [2.24, 2.45) is 17.6 Å². The van der Waals surface area contributed by atoms with Crippen molar-refractivity contribution in [2.45, 2.75) is 13.0 Å². The SMILES string of the molecule is C[C@@H](c1ccccc1)N1CC(CO)C(C(N)=O)C1. The average Bonchev–Trinajstić information content (AvgIpc) is 2.83. The zero-order chi connectivity index (χ0) is 13.1. The molecular formula is C14H20N2O2. The Morgan fingerprint density at radius 1 is 1.44 bits per heavy atom. The molecule has 0 saturated carbocycles. The first kappa shape index (κ1) is 13.1. The van der Waals surface area contributed by atoms with Gasteiger partial charge in [-0.2, -0.15) is 0 Å². The molecule has 2 unspecified atom stereocenters. The second-order valence-electron chi connectivity index (χ2n) is 4.99. The second-order valence-corrected chi connectivity index (χ2v) is 4.99. The number of rotatable bonds is 4. The fraction of sp³-hybridized carbons (Fsp3) is 0.500. The van der Waals surface area contributed by atoms with E-state index in [1.165, 1.54) is 5.56 Å². The van der Waals surface area contributed by atoms with E-state index in [1.54, 1.807) is 0 Å². The van der Waals surface area contributed by atoms with Crippen molar-refractivity contribution in [3.05, 3.63) is 35.9 Å². The van der Waals surface area contributed by atoms with Gasteiger partial charge in [0.2, 0.25) is 5.91 Å². The highest BCUT2D eigenvalue weighted by molar-refractivity contribution is 5.77. The molecular weight excluding hydrogens is 228 g/mol. The largest absolute Gasteiger partial charge is 0.396 e. The number of benzene rings is 1. The van der Waals surface area contributed by atoms with Gasteiger partial charge in [0, 0.05) is 31.7 Å². The average molecular weight is 248 g/mol. The first-order valence-corrected chi connectivity index (χ1v) is 6.32. The van der Waals surface area contributed by atoms with E-state index in [0.29, 0.717) is 6.54 Å². The lowest BCUT2D eigenvalue weighted by molar-refractivity contribution is -0.122. The van der Waals surface area contributed by atoms with Gasteiger partial charge < -0.3 is 10.8 Å². The van der Waals surface area contributed by atoms with Crippen molar-refractivity contribution in [1.29, 1.82) is 0 Å². The van der Waals surface area contributed by atoms with Crippen molar-refractivity contribution in [3.8, 4) is 0 Å². The summed E-state index contributed by atoms with van der Waals surface area (Å²) in [4.78, 5) is 13.6. The van der Waals surface area contributed by atoms with Gasteiger partial charge >= 0.3 is 0 Å². The van der Waals surface area contributed by atoms with E-state index < -0.39 is 0 Å². The summed E-state index contributed by atoms with van der Waals surface area (Å²) in [6.07, 6.45) is 0. The Morgan fingerprint density at radius 3 is 2.61 bits per heavy atom. The number of nitrogens with two attached hydrogens (primary N) is 1. The van der Waals surface area contributed by atoms with Gasteiger partial charge in [-0.05, 0) is 12.5 Å². The van der Waals surface area contributed by atoms with E-state index in [9.17, 15) is 9.90 Å². The third-order valence-corrected chi connectivity index (χ3v) is 3.90. The number of nitrogens with zero attached hydrogens (tertiary/aromatic N) is 1. The van der Waals surface area contributed by atoms with Gasteiger partial charge in [-0.1, -0.05) is 30.3 Å². The van der Waals surface area contributed by atoms with Crippen LogP contribution in [0, 0.1) is 11.8 Å². The lowest BCUT2D eigenvalue weighted by atomic mass is 9.97. The summed E-state index contributed by atoms with van der Waals surface area (Å²) in [7, 11) is 0. The Balaban J connectivity index is 2.09. The lowest BCUT2D eigenvalue weighted by Gasteiger charge is -2.24. The minimum absolute atomic E-state index is 0.0195. The number of likely N-dealkylation sites (tertiary alicyclic amines) is 1. The van der Waals surface area contributed by atoms with Crippen LogP contribution in [0.3, 0.4) is 0 Å². The van der Waals surface area contributed by atoms with Gasteiger partial charge in [0.1, 0.15) is 0 Å². The summed E-state index contributed by atoms with van der Waals surface area (Å²) < 4.78 is 0. The van der Waals surface area contributed by atoms with Crippen LogP contribution in [-0.4, -0.2) is 35.6 Å². The van der Waals surface area contributed by atoms with Crippen molar-refractivity contribution in [3.63, 3.8) is 0 Å². The van der Waals surface area contributed by atoms with E-state index in [0.717, 1.165) is 6.54 Å². The molecule has 0 aromatic heterocycles. The molecule has 1 fully saturated rings. The molecule has 0 spiro atoms. The molecule has 0 bridgehead atoms. The van der Waals surface area contributed by atoms with Crippen LogP contribution < -0.4 is 5.73 Å². The monoisotopic (exact) mass is 248 g/mol. The molecule has 3 N–H and O–H groups in total. The predicted octanol–water partition coefficient (Wildman–Crippen LogP) is 0.773. The van der Waals surface area contributed by atoms with Crippen LogP contribution in [-0.2, 0) is 4.79 Å². The summed E-state index contributed by atoms with van der Waals surface area (Å²) in [6.45, 7) is 3.50. The third-order valence-electron chi connectivity index (χ3n) is 3.90. The highest BCUT2D eigenvalue weighted by Crippen LogP contribution is 2.30. The molecule has 1 aromatic carbocycles. The molecule has 0 radical (unpaired) electrons. The topological polar surface area (TPSA) is 66.6 Å². The molecule has 0 aliphatic carbocycles. The third kappa shape index (κ3) is 2.54. The molecule has 4 nitrogen and oxygen atoms in total. The molecule has 1 aliphatic rings. The molecule has 3 atom stereocenters. The van der Waals surface area contributed by atoms with Crippen LogP contribution in [0.1, 0.15) is 18.5 Å². The number of primary amides is 1. The van der Waals surface area contributed by atoms with E-state index in [-0.39, 0.29) is 30.4 Å². The molecule has 1 aliphatic heterocycles. The van der Waals surface area contributed by atoms with Crippen LogP contribution in [0.5, 0.6) is 0 Å². The molecule has 18 heavy (non-hydrogen) atoms. The first-order valence-electron chi connectivity index (χ1n) is 6.32. The molecule has 1 heterocycles. The van der Waals surface area contributed by atoms with Gasteiger partial charge in [0.15, 0.2) is 0 Å². The maximum Gasteiger partial charge on any atom is 0.222 e. The Labute approximate surface area is 107 Å². The maximum atomic E-state index is 11.4. The number of aliphatic hydroxyl groups is 1. The van der Waals surface area contributed by atoms with Gasteiger partial charge in [0.05, 0.1) is 5.92 Å². The summed E-state index contributed by atoms with van der Waals surface area (Å²) >= 11 is 0. The number of amides is 1. The second kappa shape index (κ2) is 5.50. The van der Waals surface area contributed by atoms with Gasteiger partial charge in [0.25, 0.3) is 0 Å². The van der Waals surface area contributed by atoms with Crippen LogP contribution in [0.25, 0.3) is 0 Å². The minimum atomic E-state index is -0.309. The van der Waals surface area contributed by atoms with E-state index in [1.807, 2.05) is 18.2 Å². The van der Waals surface area contributed by atoms with Crippen LogP contribution >= 0.6 is 0 Å². The number of aliphatic hydroxyl groups excluding tert-OH is 1. The fourth-order valence-corrected chi connectivity index (χ4v) is 2.67. The maximum absolute atomic E-state index is 11.4. The summed E-state index contributed by atoms with van der Waals surface area (Å²) in [5, 5.41) is 9.32. The molecule has 1 amide bonds. The Morgan fingerprint density at radius 2 is 2.11 bits per heavy atom. The summed E-state index contributed by atoms with van der Waals surface area (Å²) in [5.41, 5.74) is 6.61. The van der Waals surface area contributed by atoms with Crippen LogP contribution in [0.4, 0.5) is 0 Å². The minimum Gasteiger partial charge on any atom is -0.396 e. The molecule has 4 heteroatoms. The Hall–Kier alpha value is -1.39. The summed E-state index contributed by atoms with van der Waals surface area (Å²) in [6, 6.07) is 10.4. The molecule has 1 saturated heterocycles. The van der Waals surface area contributed by atoms with Crippen molar-refractivity contribution in [1.82, 2.24) is 4.90 Å². The highest BCUT2D eigenvalue weighted by Gasteiger charge is 2.37. The van der Waals surface area contributed by atoms with Crippen LogP contribution in [0.15, 0.2) is 30.3 Å². The molecule has 1 aromatic rings. The molecule has 98 valence electrons. The highest BCUT2D eigenvalue weighted by atomic mass is 16.3. The smallest absolute Gasteiger partial charge is 0.222 e. The van der Waals surface area contributed by atoms with E-state index in [4.69, 9.17) is 5.73 Å². The lowest BCUT2D eigenvalue weighted by Crippen LogP contribution is -2.31. The Bertz CT molecular complexity index is 408. The van der Waals surface area contributed by atoms with E-state index in [2.05, 4.69) is 24.0 Å².